The number of hydrogen-bond acceptors (Lipinski definition) is 8. The Morgan fingerprint density at radius 1 is 0.628 bits per heavy atom. The number of rotatable bonds is 31. The van der Waals surface area contributed by atoms with Gasteiger partial charge in [0, 0.05) is 12.8 Å². The minimum atomic E-state index is -4.60. The van der Waals surface area contributed by atoms with Gasteiger partial charge < -0.3 is 27.9 Å². The van der Waals surface area contributed by atoms with Crippen LogP contribution in [0.15, 0.2) is 0 Å². The third-order valence-electron chi connectivity index (χ3n) is 7.38. The van der Waals surface area contributed by atoms with Crippen molar-refractivity contribution in [3.05, 3.63) is 0 Å². The summed E-state index contributed by atoms with van der Waals surface area (Å²) in [6.07, 6.45) is 21.4. The Labute approximate surface area is 264 Å². The average molecular weight is 636 g/mol. The predicted molar refractivity (Wildman–Crippen MR) is 172 cm³/mol. The van der Waals surface area contributed by atoms with Gasteiger partial charge in [-0.25, -0.2) is 0 Å². The second-order valence-electron chi connectivity index (χ2n) is 12.9. The van der Waals surface area contributed by atoms with Crippen LogP contribution >= 0.6 is 7.82 Å². The van der Waals surface area contributed by atoms with Crippen LogP contribution in [0.2, 0.25) is 0 Å². The number of phosphoric acid groups is 1. The minimum absolute atomic E-state index is 0.0266. The zero-order valence-electron chi connectivity index (χ0n) is 28.4. The van der Waals surface area contributed by atoms with E-state index in [1.165, 1.54) is 83.5 Å². The summed E-state index contributed by atoms with van der Waals surface area (Å²) in [6, 6.07) is 0. The molecule has 0 aromatic heterocycles. The highest BCUT2D eigenvalue weighted by Crippen LogP contribution is 2.38. The fraction of sp³-hybridized carbons (Fsp3) is 0.939. The van der Waals surface area contributed by atoms with Crippen molar-refractivity contribution in [1.29, 1.82) is 0 Å². The monoisotopic (exact) mass is 635 g/mol. The van der Waals surface area contributed by atoms with Crippen LogP contribution in [0.1, 0.15) is 149 Å². The topological polar surface area (TPSA) is 111 Å². The first kappa shape index (κ1) is 42.0. The molecule has 10 heteroatoms. The molecular weight excluding hydrogens is 569 g/mol. The minimum Gasteiger partial charge on any atom is -0.756 e. The van der Waals surface area contributed by atoms with Crippen molar-refractivity contribution in [2.75, 3.05) is 47.5 Å². The Morgan fingerprint density at radius 3 is 1.49 bits per heavy atom. The van der Waals surface area contributed by atoms with E-state index in [0.29, 0.717) is 17.4 Å². The highest BCUT2D eigenvalue weighted by Gasteiger charge is 2.21. The van der Waals surface area contributed by atoms with Crippen LogP contribution in [-0.2, 0) is 32.7 Å². The van der Waals surface area contributed by atoms with Gasteiger partial charge in [0.05, 0.1) is 27.7 Å². The third kappa shape index (κ3) is 30.8. The van der Waals surface area contributed by atoms with Crippen LogP contribution in [0, 0.1) is 0 Å². The Hall–Kier alpha value is -0.990. The van der Waals surface area contributed by atoms with Gasteiger partial charge in [-0.05, 0) is 12.8 Å². The smallest absolute Gasteiger partial charge is 0.306 e. The second-order valence-corrected chi connectivity index (χ2v) is 14.3. The van der Waals surface area contributed by atoms with E-state index in [1.807, 2.05) is 21.1 Å². The van der Waals surface area contributed by atoms with E-state index in [9.17, 15) is 19.0 Å². The lowest BCUT2D eigenvalue weighted by atomic mass is 10.1. The van der Waals surface area contributed by atoms with E-state index in [4.69, 9.17) is 18.5 Å². The number of unbranched alkanes of at least 4 members (excludes halogenated alkanes) is 17. The number of nitrogens with zero attached hydrogens (tertiary/aromatic N) is 1. The van der Waals surface area contributed by atoms with E-state index in [2.05, 4.69) is 13.8 Å². The number of likely N-dealkylation sites (N-methyl/N-ethyl adjacent to an activating group) is 1. The number of esters is 2. The maximum absolute atomic E-state index is 12.5. The van der Waals surface area contributed by atoms with E-state index in [1.54, 1.807) is 0 Å². The maximum atomic E-state index is 12.5. The van der Waals surface area contributed by atoms with Crippen LogP contribution in [-0.4, -0.2) is 70.0 Å². The second kappa shape index (κ2) is 27.3. The first-order chi connectivity index (χ1) is 20.5. The average Bonchev–Trinajstić information content (AvgIpc) is 2.93. The van der Waals surface area contributed by atoms with Crippen molar-refractivity contribution in [3.8, 4) is 0 Å². The largest absolute Gasteiger partial charge is 0.756 e. The molecule has 0 aromatic carbocycles. The number of carbonyl (C=O) groups excluding carboxylic acids is 2. The molecule has 0 aliphatic rings. The molecule has 9 nitrogen and oxygen atoms in total. The number of quaternary nitrogens is 1. The molecule has 2 unspecified atom stereocenters. The summed E-state index contributed by atoms with van der Waals surface area (Å²) in [6.45, 7) is 4.17. The molecule has 0 aliphatic carbocycles. The van der Waals surface area contributed by atoms with Crippen LogP contribution in [0.5, 0.6) is 0 Å². The van der Waals surface area contributed by atoms with E-state index < -0.39 is 26.5 Å². The van der Waals surface area contributed by atoms with Gasteiger partial charge in [-0.2, -0.15) is 0 Å². The molecule has 0 rings (SSSR count). The first-order valence-corrected chi connectivity index (χ1v) is 18.7. The van der Waals surface area contributed by atoms with E-state index >= 15 is 0 Å². The quantitative estimate of drug-likeness (QED) is 0.0327. The predicted octanol–water partition coefficient (Wildman–Crippen LogP) is 7.88. The van der Waals surface area contributed by atoms with Crippen molar-refractivity contribution in [1.82, 2.24) is 0 Å². The van der Waals surface area contributed by atoms with Gasteiger partial charge in [0.2, 0.25) is 0 Å². The van der Waals surface area contributed by atoms with Crippen molar-refractivity contribution in [2.24, 2.45) is 0 Å². The Kier molecular flexibility index (Phi) is 26.7. The Morgan fingerprint density at radius 2 is 1.05 bits per heavy atom. The van der Waals surface area contributed by atoms with Crippen LogP contribution < -0.4 is 4.89 Å². The Balaban J connectivity index is 4.48. The SMILES string of the molecule is CCCCCCCCCCCCCC(=O)OC(COC(=O)CCCCCCCCCC)COP(=O)([O-])OCC[N+](C)(C)C. The van der Waals surface area contributed by atoms with Gasteiger partial charge in [0.1, 0.15) is 19.8 Å². The van der Waals surface area contributed by atoms with Gasteiger partial charge in [0.25, 0.3) is 7.82 Å². The molecule has 0 bridgehead atoms. The summed E-state index contributed by atoms with van der Waals surface area (Å²) in [4.78, 5) is 37.0. The number of ether oxygens (including phenoxy) is 2. The van der Waals surface area contributed by atoms with Gasteiger partial charge in [-0.3, -0.25) is 14.2 Å². The molecule has 0 fully saturated rings. The van der Waals surface area contributed by atoms with Crippen LogP contribution in [0.4, 0.5) is 0 Å². The van der Waals surface area contributed by atoms with Crippen molar-refractivity contribution < 1.29 is 42.1 Å². The normalized spacial score (nSPS) is 13.9. The summed E-state index contributed by atoms with van der Waals surface area (Å²) >= 11 is 0. The van der Waals surface area contributed by atoms with E-state index in [-0.39, 0.29) is 32.0 Å². The molecule has 0 saturated carbocycles. The highest BCUT2D eigenvalue weighted by atomic mass is 31.2. The molecule has 2 atom stereocenters. The number of hydrogen-bond donors (Lipinski definition) is 0. The fourth-order valence-corrected chi connectivity index (χ4v) is 5.32. The lowest BCUT2D eigenvalue weighted by molar-refractivity contribution is -0.870. The molecule has 0 heterocycles. The van der Waals surface area contributed by atoms with Gasteiger partial charge in [-0.15, -0.1) is 0 Å². The Bertz CT molecular complexity index is 728. The molecule has 0 N–H and O–H groups in total. The van der Waals surface area contributed by atoms with E-state index in [0.717, 1.165) is 32.1 Å². The molecule has 43 heavy (non-hydrogen) atoms. The number of phosphoric ester groups is 1. The first-order valence-electron chi connectivity index (χ1n) is 17.2. The highest BCUT2D eigenvalue weighted by molar-refractivity contribution is 7.45. The summed E-state index contributed by atoms with van der Waals surface area (Å²) < 4.78 is 33.5. The molecule has 0 aromatic rings. The zero-order valence-corrected chi connectivity index (χ0v) is 29.3. The lowest BCUT2D eigenvalue weighted by Gasteiger charge is -2.28. The molecule has 0 saturated heterocycles. The van der Waals surface area contributed by atoms with Gasteiger partial charge in [0.15, 0.2) is 6.10 Å². The summed E-state index contributed by atoms with van der Waals surface area (Å²) in [5, 5.41) is 0. The van der Waals surface area contributed by atoms with Gasteiger partial charge >= 0.3 is 11.9 Å². The van der Waals surface area contributed by atoms with Crippen LogP contribution in [0.25, 0.3) is 0 Å². The van der Waals surface area contributed by atoms with Crippen molar-refractivity contribution >= 4 is 19.8 Å². The zero-order chi connectivity index (χ0) is 32.2. The molecule has 0 amide bonds. The fourth-order valence-electron chi connectivity index (χ4n) is 4.59. The number of carbonyl (C=O) groups is 2. The lowest BCUT2D eigenvalue weighted by Crippen LogP contribution is -2.37. The standard InChI is InChI=1S/C33H66NO8P/c1-6-8-10-12-14-16-17-18-20-22-24-26-33(36)42-31(30-41-43(37,38)40-28-27-34(3,4)5)29-39-32(35)25-23-21-19-15-13-11-9-7-2/h31H,6-30H2,1-5H3. The summed E-state index contributed by atoms with van der Waals surface area (Å²) in [5.41, 5.74) is 0. The summed E-state index contributed by atoms with van der Waals surface area (Å²) in [5.74, 6) is -0.836. The molecule has 0 radical (unpaired) electrons. The molecule has 0 aliphatic heterocycles. The molecule has 256 valence electrons. The summed E-state index contributed by atoms with van der Waals surface area (Å²) in [7, 11) is 1.17. The van der Waals surface area contributed by atoms with Crippen LogP contribution in [0.3, 0.4) is 0 Å². The third-order valence-corrected chi connectivity index (χ3v) is 8.34. The van der Waals surface area contributed by atoms with Crippen molar-refractivity contribution in [2.45, 2.75) is 155 Å². The molecular formula is C33H66NO8P. The van der Waals surface area contributed by atoms with Gasteiger partial charge in [-0.1, -0.05) is 123 Å². The van der Waals surface area contributed by atoms with Crippen molar-refractivity contribution in [3.63, 3.8) is 0 Å². The molecule has 0 spiro atoms. The maximum Gasteiger partial charge on any atom is 0.306 e.